The number of hydrogen-bond donors (Lipinski definition) is 0. The van der Waals surface area contributed by atoms with E-state index >= 15 is 0 Å². The predicted molar refractivity (Wildman–Crippen MR) is 174 cm³/mol. The van der Waals surface area contributed by atoms with Gasteiger partial charge >= 0.3 is 23.9 Å². The van der Waals surface area contributed by atoms with Gasteiger partial charge in [0.2, 0.25) is 0 Å². The highest BCUT2D eigenvalue weighted by Crippen LogP contribution is 2.59. The number of rotatable bonds is 8. The third kappa shape index (κ3) is 5.50. The van der Waals surface area contributed by atoms with Gasteiger partial charge in [-0.25, -0.2) is 0 Å². The summed E-state index contributed by atoms with van der Waals surface area (Å²) in [6.45, 7) is 0. The van der Waals surface area contributed by atoms with Crippen molar-refractivity contribution >= 4 is 23.9 Å². The van der Waals surface area contributed by atoms with Gasteiger partial charge in [-0.1, -0.05) is 60.7 Å². The Kier molecular flexibility index (Phi) is 9.06. The summed E-state index contributed by atoms with van der Waals surface area (Å²) >= 11 is 0. The molecule has 2 aromatic carbocycles. The maximum Gasteiger partial charge on any atom is 0.314 e. The Bertz CT molecular complexity index is 1410. The molecule has 4 heterocycles. The zero-order chi connectivity index (χ0) is 33.7. The Morgan fingerprint density at radius 1 is 0.542 bits per heavy atom. The highest BCUT2D eigenvalue weighted by atomic mass is 16.6. The lowest BCUT2D eigenvalue weighted by Gasteiger charge is -2.51. The largest absolute Gasteiger partial charge is 0.469 e. The van der Waals surface area contributed by atoms with Gasteiger partial charge in [-0.15, -0.1) is 0 Å². The van der Waals surface area contributed by atoms with Crippen LogP contribution in [-0.2, 0) is 38.1 Å². The molecule has 0 N–H and O–H groups in total. The van der Waals surface area contributed by atoms with E-state index in [1.54, 1.807) is 0 Å². The molecule has 1 saturated carbocycles. The quantitative estimate of drug-likeness (QED) is 0.306. The molecular weight excluding hydrogens is 612 g/mol. The molecule has 256 valence electrons. The number of nitrogens with zero attached hydrogens (tertiary/aromatic N) is 2. The first-order valence-electron chi connectivity index (χ1n) is 17.3. The Labute approximate surface area is 282 Å². The van der Waals surface area contributed by atoms with Gasteiger partial charge in [0.15, 0.2) is 0 Å². The van der Waals surface area contributed by atoms with Crippen LogP contribution in [0.5, 0.6) is 0 Å². The molecule has 10 heteroatoms. The van der Waals surface area contributed by atoms with Gasteiger partial charge in [0.05, 0.1) is 26.1 Å². The highest BCUT2D eigenvalue weighted by Gasteiger charge is 2.62. The Hall–Kier alpha value is -3.76. The molecule has 2 aromatic rings. The van der Waals surface area contributed by atoms with E-state index in [9.17, 15) is 19.2 Å². The Balaban J connectivity index is 1.23. The molecule has 4 bridgehead atoms. The molecule has 7 rings (SSSR count). The molecular formula is C38H46N2O8. The summed E-state index contributed by atoms with van der Waals surface area (Å²) in [5.74, 6) is -5.41. The van der Waals surface area contributed by atoms with Crippen molar-refractivity contribution in [3.05, 3.63) is 71.8 Å². The fourth-order valence-electron chi connectivity index (χ4n) is 9.94. The number of ether oxygens (including phenoxy) is 4. The number of piperidine rings is 2. The SMILES string of the molecule is COC(=O)C1C(OC(=O)[C@H]2[C@H](C(=O)OC3C[C@@H]4CC[C@H](C3C(=O)OC)N4C)[C@@H](c3ccccc3)[C@@H]2c2ccccc2)C[C@@H]2CC[C@H]1N2C. The van der Waals surface area contributed by atoms with Gasteiger partial charge in [0.25, 0.3) is 0 Å². The Morgan fingerprint density at radius 2 is 0.917 bits per heavy atom. The van der Waals surface area contributed by atoms with Crippen molar-refractivity contribution in [2.75, 3.05) is 28.3 Å². The minimum absolute atomic E-state index is 0.0757. The van der Waals surface area contributed by atoms with Crippen LogP contribution in [0.2, 0.25) is 0 Å². The smallest absolute Gasteiger partial charge is 0.314 e. The molecule has 10 nitrogen and oxygen atoms in total. The molecule has 12 atom stereocenters. The van der Waals surface area contributed by atoms with Gasteiger partial charge < -0.3 is 18.9 Å². The van der Waals surface area contributed by atoms with Gasteiger partial charge in [-0.3, -0.25) is 29.0 Å². The standard InChI is InChI=1S/C38H46N2O8/c1-39-23-15-17-25(39)31(35(41)45-3)27(19-23)47-37(43)33-29(21-11-7-5-8-12-21)30(22-13-9-6-10-14-22)34(33)38(44)48-28-20-24-16-18-26(40(24)2)32(28)36(42)46-4/h5-14,23-34H,15-20H2,1-4H3/t23-,24-,25+,26+,27?,28?,29-,30-,31?,32?,33+,34+/m0/s1. The van der Waals surface area contributed by atoms with Gasteiger partial charge in [0.1, 0.15) is 24.0 Å². The summed E-state index contributed by atoms with van der Waals surface area (Å²) in [6.07, 6.45) is 3.24. The fraction of sp³-hybridized carbons (Fsp3) is 0.579. The molecule has 1 aliphatic carbocycles. The van der Waals surface area contributed by atoms with Gasteiger partial charge in [-0.05, 0) is 50.9 Å². The van der Waals surface area contributed by atoms with E-state index in [1.165, 1.54) is 14.2 Å². The lowest BCUT2D eigenvalue weighted by atomic mass is 9.52. The number of hydrogen-bond acceptors (Lipinski definition) is 10. The molecule has 5 aliphatic rings. The molecule has 4 aliphatic heterocycles. The molecule has 4 unspecified atom stereocenters. The normalized spacial score (nSPS) is 37.2. The minimum Gasteiger partial charge on any atom is -0.469 e. The van der Waals surface area contributed by atoms with Crippen LogP contribution in [0.25, 0.3) is 0 Å². The van der Waals surface area contributed by atoms with E-state index in [0.717, 1.165) is 36.8 Å². The van der Waals surface area contributed by atoms with E-state index in [4.69, 9.17) is 18.9 Å². The van der Waals surface area contributed by atoms with E-state index in [-0.39, 0.29) is 47.9 Å². The maximum absolute atomic E-state index is 14.5. The van der Waals surface area contributed by atoms with Crippen molar-refractivity contribution in [2.24, 2.45) is 23.7 Å². The van der Waals surface area contributed by atoms with Crippen LogP contribution >= 0.6 is 0 Å². The number of carbonyl (C=O) groups excluding carboxylic acids is 4. The average molecular weight is 659 g/mol. The number of benzene rings is 2. The maximum atomic E-state index is 14.5. The monoisotopic (exact) mass is 658 g/mol. The van der Waals surface area contributed by atoms with Crippen LogP contribution in [0, 0.1) is 23.7 Å². The Morgan fingerprint density at radius 3 is 1.27 bits per heavy atom. The van der Waals surface area contributed by atoms with E-state index < -0.39 is 47.8 Å². The van der Waals surface area contributed by atoms with Crippen LogP contribution in [0.1, 0.15) is 61.5 Å². The molecule has 0 spiro atoms. The average Bonchev–Trinajstić information content (AvgIpc) is 3.45. The van der Waals surface area contributed by atoms with Crippen LogP contribution in [0.3, 0.4) is 0 Å². The first kappa shape index (κ1) is 32.8. The van der Waals surface area contributed by atoms with Crippen molar-refractivity contribution in [3.63, 3.8) is 0 Å². The van der Waals surface area contributed by atoms with Crippen molar-refractivity contribution in [3.8, 4) is 0 Å². The van der Waals surface area contributed by atoms with Crippen molar-refractivity contribution in [2.45, 2.75) is 86.7 Å². The fourth-order valence-corrected chi connectivity index (χ4v) is 9.94. The van der Waals surface area contributed by atoms with E-state index in [1.807, 2.05) is 74.8 Å². The molecule has 0 radical (unpaired) electrons. The molecule has 0 amide bonds. The summed E-state index contributed by atoms with van der Waals surface area (Å²) in [6, 6.07) is 19.8. The first-order valence-corrected chi connectivity index (χ1v) is 17.3. The third-order valence-electron chi connectivity index (χ3n) is 12.4. The summed E-state index contributed by atoms with van der Waals surface area (Å²) < 4.78 is 23.1. The third-order valence-corrected chi connectivity index (χ3v) is 12.4. The van der Waals surface area contributed by atoms with E-state index in [0.29, 0.717) is 12.8 Å². The lowest BCUT2D eigenvalue weighted by Crippen LogP contribution is -2.58. The highest BCUT2D eigenvalue weighted by molar-refractivity contribution is 5.88. The molecule has 5 fully saturated rings. The van der Waals surface area contributed by atoms with Crippen LogP contribution in [0.4, 0.5) is 0 Å². The van der Waals surface area contributed by atoms with Crippen molar-refractivity contribution < 1.29 is 38.1 Å². The summed E-state index contributed by atoms with van der Waals surface area (Å²) in [4.78, 5) is 59.7. The second-order valence-electron chi connectivity index (χ2n) is 14.4. The molecule has 48 heavy (non-hydrogen) atoms. The molecule has 4 saturated heterocycles. The zero-order valence-electron chi connectivity index (χ0n) is 28.1. The number of fused-ring (bicyclic) bond motifs is 4. The summed E-state index contributed by atoms with van der Waals surface area (Å²) in [5.41, 5.74) is 1.85. The topological polar surface area (TPSA) is 112 Å². The van der Waals surface area contributed by atoms with Crippen LogP contribution in [0.15, 0.2) is 60.7 Å². The van der Waals surface area contributed by atoms with Crippen LogP contribution < -0.4 is 0 Å². The van der Waals surface area contributed by atoms with Gasteiger partial charge in [-0.2, -0.15) is 0 Å². The molecule has 0 aromatic heterocycles. The van der Waals surface area contributed by atoms with Crippen LogP contribution in [-0.4, -0.2) is 98.4 Å². The van der Waals surface area contributed by atoms with E-state index in [2.05, 4.69) is 9.80 Å². The zero-order valence-corrected chi connectivity index (χ0v) is 28.1. The predicted octanol–water partition coefficient (Wildman–Crippen LogP) is 3.94. The summed E-state index contributed by atoms with van der Waals surface area (Å²) in [7, 11) is 6.77. The van der Waals surface area contributed by atoms with Crippen molar-refractivity contribution in [1.29, 1.82) is 0 Å². The number of carbonyl (C=O) groups is 4. The number of esters is 4. The summed E-state index contributed by atoms with van der Waals surface area (Å²) in [5, 5.41) is 0. The van der Waals surface area contributed by atoms with Crippen molar-refractivity contribution in [1.82, 2.24) is 9.80 Å². The lowest BCUT2D eigenvalue weighted by molar-refractivity contribution is -0.190. The number of methoxy groups -OCH3 is 2. The first-order chi connectivity index (χ1) is 23.2. The van der Waals surface area contributed by atoms with Gasteiger partial charge in [0, 0.05) is 48.8 Å². The second-order valence-corrected chi connectivity index (χ2v) is 14.4. The minimum atomic E-state index is -0.847. The second kappa shape index (κ2) is 13.3.